The summed E-state index contributed by atoms with van der Waals surface area (Å²) in [6.45, 7) is 36.4. The summed E-state index contributed by atoms with van der Waals surface area (Å²) in [5.41, 5.74) is 24.7. The first-order valence-electron chi connectivity index (χ1n) is 26.6. The van der Waals surface area contributed by atoms with Gasteiger partial charge in [-0.2, -0.15) is 0 Å². The Hall–Kier alpha value is -5.58. The van der Waals surface area contributed by atoms with E-state index < -0.39 is 0 Å². The van der Waals surface area contributed by atoms with Crippen LogP contribution in [-0.2, 0) is 32.5 Å². The van der Waals surface area contributed by atoms with Gasteiger partial charge in [0.05, 0.1) is 5.69 Å². The highest BCUT2D eigenvalue weighted by Crippen LogP contribution is 2.54. The molecule has 0 saturated heterocycles. The van der Waals surface area contributed by atoms with E-state index in [0.29, 0.717) is 0 Å². The van der Waals surface area contributed by atoms with Crippen LogP contribution in [0.25, 0.3) is 31.3 Å². The Morgan fingerprint density at radius 1 is 0.493 bits per heavy atom. The molecular formula is C67H73BN2S. The summed E-state index contributed by atoms with van der Waals surface area (Å²) >= 11 is 2.01. The Bertz CT molecular complexity index is 3530. The van der Waals surface area contributed by atoms with Gasteiger partial charge in [-0.05, 0) is 181 Å². The van der Waals surface area contributed by atoms with Crippen LogP contribution in [0.5, 0.6) is 0 Å². The Morgan fingerprint density at radius 3 is 1.75 bits per heavy atom. The van der Waals surface area contributed by atoms with Crippen LogP contribution in [0.3, 0.4) is 0 Å². The minimum absolute atomic E-state index is 0.00103. The van der Waals surface area contributed by atoms with Gasteiger partial charge in [-0.25, -0.2) is 0 Å². The summed E-state index contributed by atoms with van der Waals surface area (Å²) in [6.07, 6.45) is 4.72. The lowest BCUT2D eigenvalue weighted by Gasteiger charge is -2.48. The number of rotatable bonds is 3. The van der Waals surface area contributed by atoms with Crippen LogP contribution in [0.15, 0.2) is 121 Å². The molecule has 12 rings (SSSR count). The fourth-order valence-corrected chi connectivity index (χ4v) is 14.8. The molecule has 0 N–H and O–H groups in total. The van der Waals surface area contributed by atoms with Gasteiger partial charge in [0.25, 0.3) is 6.71 Å². The smallest absolute Gasteiger partial charge is 0.254 e. The zero-order chi connectivity index (χ0) is 50.1. The molecule has 0 atom stereocenters. The van der Waals surface area contributed by atoms with E-state index in [1.807, 2.05) is 11.3 Å². The quantitative estimate of drug-likeness (QED) is 0.163. The molecule has 8 aromatic rings. The molecule has 1 aromatic heterocycles. The molecule has 0 unspecified atom stereocenters. The Labute approximate surface area is 429 Å². The average Bonchev–Trinajstić information content (AvgIpc) is 3.70. The van der Waals surface area contributed by atoms with E-state index in [2.05, 4.69) is 235 Å². The molecule has 2 aliphatic carbocycles. The minimum atomic E-state index is -0.0200. The molecule has 7 aromatic carbocycles. The molecule has 0 bridgehead atoms. The second-order valence-corrected chi connectivity index (χ2v) is 27.8. The summed E-state index contributed by atoms with van der Waals surface area (Å²) in [5, 5.41) is 2.79. The van der Waals surface area contributed by atoms with Crippen molar-refractivity contribution in [3.63, 3.8) is 0 Å². The first-order valence-corrected chi connectivity index (χ1v) is 27.4. The van der Waals surface area contributed by atoms with Crippen LogP contribution >= 0.6 is 11.3 Å². The van der Waals surface area contributed by atoms with E-state index in [9.17, 15) is 0 Å². The van der Waals surface area contributed by atoms with Crippen LogP contribution < -0.4 is 26.2 Å². The van der Waals surface area contributed by atoms with Crippen LogP contribution in [-0.4, -0.2) is 6.71 Å². The van der Waals surface area contributed by atoms with Crippen LogP contribution in [0.2, 0.25) is 0 Å². The number of hydrogen-bond acceptors (Lipinski definition) is 3. The third-order valence-electron chi connectivity index (χ3n) is 17.9. The molecule has 360 valence electrons. The van der Waals surface area contributed by atoms with Gasteiger partial charge in [-0.1, -0.05) is 164 Å². The minimum Gasteiger partial charge on any atom is -0.311 e. The highest BCUT2D eigenvalue weighted by molar-refractivity contribution is 7.28. The van der Waals surface area contributed by atoms with Gasteiger partial charge in [0.1, 0.15) is 0 Å². The second kappa shape index (κ2) is 15.2. The van der Waals surface area contributed by atoms with Crippen LogP contribution in [0, 0.1) is 6.92 Å². The number of anilines is 6. The largest absolute Gasteiger partial charge is 0.311 e. The average molecular weight is 949 g/mol. The summed E-state index contributed by atoms with van der Waals surface area (Å²) in [4.78, 5) is 5.41. The van der Waals surface area contributed by atoms with E-state index in [-0.39, 0.29) is 39.2 Å². The van der Waals surface area contributed by atoms with Crippen molar-refractivity contribution < 1.29 is 0 Å². The highest BCUT2D eigenvalue weighted by Gasteiger charge is 2.48. The second-order valence-electron chi connectivity index (χ2n) is 26.8. The molecule has 0 saturated carbocycles. The predicted molar refractivity (Wildman–Crippen MR) is 311 cm³/mol. The molecule has 0 fully saturated rings. The number of hydrogen-bond donors (Lipinski definition) is 0. The third-order valence-corrected chi connectivity index (χ3v) is 19.1. The van der Waals surface area contributed by atoms with E-state index >= 15 is 0 Å². The standard InChI is InChI=1S/C67H73BN2S/c1-40-34-55-59-56(35-40)70(52-28-24-42(62(2,3)4)36-45(52)41-20-17-16-18-21-41)53-29-26-44-58-47(63(5,6)7)22-19-23-57(58)71-61(44)60(53)68(59)51-38-49-50(67(14,15)33-32-66(49,12)13)39-54(51)69(55)43-25-27-46-48(37-43)65(10,11)31-30-64(46,8)9/h16-29,34-39H,30-33H2,1-15H3. The number of fused-ring (bicyclic) bond motifs is 10. The molecule has 0 amide bonds. The zero-order valence-electron chi connectivity index (χ0n) is 45.3. The lowest BCUT2D eigenvalue weighted by molar-refractivity contribution is 0.332. The van der Waals surface area contributed by atoms with Crippen molar-refractivity contribution in [1.29, 1.82) is 0 Å². The van der Waals surface area contributed by atoms with E-state index in [1.165, 1.54) is 146 Å². The first-order chi connectivity index (χ1) is 33.4. The van der Waals surface area contributed by atoms with Crippen molar-refractivity contribution in [3.05, 3.63) is 160 Å². The first kappa shape index (κ1) is 46.5. The van der Waals surface area contributed by atoms with Crippen molar-refractivity contribution in [1.82, 2.24) is 0 Å². The van der Waals surface area contributed by atoms with Crippen molar-refractivity contribution in [3.8, 4) is 11.1 Å². The zero-order valence-corrected chi connectivity index (χ0v) is 46.1. The Kier molecular flexibility index (Phi) is 9.98. The van der Waals surface area contributed by atoms with Crippen molar-refractivity contribution in [2.45, 2.75) is 162 Å². The molecule has 0 spiro atoms. The highest BCUT2D eigenvalue weighted by atomic mass is 32.1. The monoisotopic (exact) mass is 949 g/mol. The number of benzene rings is 7. The van der Waals surface area contributed by atoms with Gasteiger partial charge in [0.15, 0.2) is 0 Å². The van der Waals surface area contributed by atoms with Crippen LogP contribution in [0.4, 0.5) is 34.1 Å². The topological polar surface area (TPSA) is 6.48 Å². The van der Waals surface area contributed by atoms with E-state index in [4.69, 9.17) is 0 Å². The lowest BCUT2D eigenvalue weighted by Crippen LogP contribution is -2.62. The molecule has 3 heterocycles. The molecule has 4 aliphatic rings. The van der Waals surface area contributed by atoms with E-state index in [1.54, 1.807) is 0 Å². The molecule has 0 radical (unpaired) electrons. The Morgan fingerprint density at radius 2 is 1.10 bits per heavy atom. The van der Waals surface area contributed by atoms with Crippen molar-refractivity contribution in [2.75, 3.05) is 9.80 Å². The maximum absolute atomic E-state index is 2.72. The van der Waals surface area contributed by atoms with Gasteiger partial charge in [0, 0.05) is 54.2 Å². The van der Waals surface area contributed by atoms with Gasteiger partial charge in [-0.15, -0.1) is 11.3 Å². The SMILES string of the molecule is Cc1cc2c3c(c1)N(c1ccc(C(C)(C)C)cc1-c1ccccc1)c1ccc4c(sc5cccc(C(C)(C)C)c54)c1B3c1cc3c(cc1N2c1ccc2c(c1)C(C)(C)CCC2(C)C)C(C)(C)CCC3(C)C. The molecule has 4 heteroatoms. The third kappa shape index (κ3) is 7.00. The van der Waals surface area contributed by atoms with E-state index in [0.717, 1.165) is 0 Å². The van der Waals surface area contributed by atoms with Crippen LogP contribution in [0.1, 0.15) is 162 Å². The van der Waals surface area contributed by atoms with Gasteiger partial charge < -0.3 is 9.80 Å². The maximum Gasteiger partial charge on any atom is 0.254 e. The van der Waals surface area contributed by atoms with Gasteiger partial charge >= 0.3 is 0 Å². The number of aryl methyl sites for hydroxylation is 1. The molecule has 2 nitrogen and oxygen atoms in total. The van der Waals surface area contributed by atoms with Crippen molar-refractivity contribution in [2.24, 2.45) is 0 Å². The number of nitrogens with zero attached hydrogens (tertiary/aromatic N) is 2. The fourth-order valence-electron chi connectivity index (χ4n) is 13.5. The van der Waals surface area contributed by atoms with Crippen molar-refractivity contribution >= 4 is 88.7 Å². The van der Waals surface area contributed by atoms with Gasteiger partial charge in [0.2, 0.25) is 0 Å². The Balaban J connectivity index is 1.25. The summed E-state index contributed by atoms with van der Waals surface area (Å²) < 4.78 is 2.77. The normalized spacial score (nSPS) is 18.2. The van der Waals surface area contributed by atoms with Gasteiger partial charge in [-0.3, -0.25) is 0 Å². The summed E-state index contributed by atoms with van der Waals surface area (Å²) in [7, 11) is 0. The predicted octanol–water partition coefficient (Wildman–Crippen LogP) is 17.4. The maximum atomic E-state index is 2.72. The number of thiophene rings is 1. The fraction of sp³-hybridized carbons (Fsp3) is 0.373. The lowest BCUT2D eigenvalue weighted by atomic mass is 9.33. The molecule has 71 heavy (non-hydrogen) atoms. The molecular weight excluding hydrogens is 876 g/mol. The summed E-state index contributed by atoms with van der Waals surface area (Å²) in [5.74, 6) is 0. The molecule has 2 aliphatic heterocycles. The summed E-state index contributed by atoms with van der Waals surface area (Å²) in [6, 6.07) is 48.5.